The Morgan fingerprint density at radius 2 is 0.803 bits per heavy atom. The highest BCUT2D eigenvalue weighted by Crippen LogP contribution is 2.61. The van der Waals surface area contributed by atoms with E-state index in [1.165, 1.54) is 94.7 Å². The standard InChI is InChI=1S/C65H55N/c1-62(2)42-63(3,4)59-41-57-54(40-58(59)62)52-38-35-46(39-56(52)65(57,47-19-10-7-11-20-47)48-21-12-8-13-22-48)45-31-29-43(30-32-45)44-33-36-50(37-34-44)66(49-23-14-9-15-24-49)60-28-18-26-53-51-25-16-17-27-55(51)64(5,6)61(53)60/h7-41H,42H2,1-6H3. The highest BCUT2D eigenvalue weighted by Gasteiger charge is 2.50. The molecule has 0 aromatic heterocycles. The van der Waals surface area contributed by atoms with Crippen molar-refractivity contribution >= 4 is 17.1 Å². The maximum atomic E-state index is 2.60. The van der Waals surface area contributed by atoms with Gasteiger partial charge in [-0.2, -0.15) is 0 Å². The Bertz CT molecular complexity index is 3280. The molecule has 0 saturated heterocycles. The topological polar surface area (TPSA) is 3.24 Å². The summed E-state index contributed by atoms with van der Waals surface area (Å²) in [5, 5.41) is 0. The molecule has 0 atom stereocenters. The molecule has 0 unspecified atom stereocenters. The molecular weight excluding hydrogens is 795 g/mol. The van der Waals surface area contributed by atoms with E-state index in [1.54, 1.807) is 0 Å². The van der Waals surface area contributed by atoms with E-state index in [9.17, 15) is 0 Å². The average molecular weight is 850 g/mol. The van der Waals surface area contributed by atoms with Gasteiger partial charge in [-0.3, -0.25) is 0 Å². The molecule has 1 nitrogen and oxygen atoms in total. The summed E-state index contributed by atoms with van der Waals surface area (Å²) in [5.74, 6) is 0. The lowest BCUT2D eigenvalue weighted by Crippen LogP contribution is -2.29. The Labute approximate surface area is 391 Å². The highest BCUT2D eigenvalue weighted by atomic mass is 15.1. The molecule has 0 amide bonds. The number of rotatable bonds is 7. The summed E-state index contributed by atoms with van der Waals surface area (Å²) < 4.78 is 0. The van der Waals surface area contributed by atoms with Crippen LogP contribution in [0.25, 0.3) is 44.5 Å². The second-order valence-corrected chi connectivity index (χ2v) is 20.8. The van der Waals surface area contributed by atoms with Gasteiger partial charge in [0.2, 0.25) is 0 Å². The first-order valence-corrected chi connectivity index (χ1v) is 23.7. The highest BCUT2D eigenvalue weighted by molar-refractivity contribution is 5.92. The number of para-hydroxylation sites is 1. The van der Waals surface area contributed by atoms with Crippen molar-refractivity contribution in [2.75, 3.05) is 4.90 Å². The molecule has 320 valence electrons. The molecule has 1 heteroatoms. The zero-order chi connectivity index (χ0) is 45.0. The second kappa shape index (κ2) is 14.6. The second-order valence-electron chi connectivity index (χ2n) is 20.8. The number of hydrogen-bond acceptors (Lipinski definition) is 1. The van der Waals surface area contributed by atoms with Crippen LogP contribution in [0.5, 0.6) is 0 Å². The minimum atomic E-state index is -0.462. The molecule has 9 aromatic rings. The van der Waals surface area contributed by atoms with Crippen LogP contribution in [0.1, 0.15) is 92.5 Å². The number of nitrogens with zero attached hydrogens (tertiary/aromatic N) is 1. The van der Waals surface area contributed by atoms with Gasteiger partial charge in [0.05, 0.1) is 11.1 Å². The van der Waals surface area contributed by atoms with Gasteiger partial charge < -0.3 is 4.90 Å². The van der Waals surface area contributed by atoms with Crippen molar-refractivity contribution in [1.82, 2.24) is 0 Å². The molecule has 66 heavy (non-hydrogen) atoms. The first kappa shape index (κ1) is 40.3. The lowest BCUT2D eigenvalue weighted by Gasteiger charge is -2.35. The normalized spacial score (nSPS) is 16.2. The Kier molecular flexibility index (Phi) is 8.94. The van der Waals surface area contributed by atoms with E-state index in [4.69, 9.17) is 0 Å². The number of benzene rings is 9. The zero-order valence-electron chi connectivity index (χ0n) is 38.9. The fraction of sp³-hybridized carbons (Fsp3) is 0.169. The Hall–Kier alpha value is -7.22. The molecule has 0 radical (unpaired) electrons. The zero-order valence-corrected chi connectivity index (χ0v) is 38.9. The summed E-state index contributed by atoms with van der Waals surface area (Å²) in [6, 6.07) is 79.7. The number of hydrogen-bond donors (Lipinski definition) is 0. The summed E-state index contributed by atoms with van der Waals surface area (Å²) in [6.07, 6.45) is 1.14. The fourth-order valence-corrected chi connectivity index (χ4v) is 12.8. The molecule has 3 aliphatic carbocycles. The summed E-state index contributed by atoms with van der Waals surface area (Å²) in [5.41, 5.74) is 24.4. The van der Waals surface area contributed by atoms with Crippen LogP contribution in [0.4, 0.5) is 17.1 Å². The molecule has 0 bridgehead atoms. The Morgan fingerprint density at radius 3 is 1.44 bits per heavy atom. The van der Waals surface area contributed by atoms with E-state index in [-0.39, 0.29) is 16.2 Å². The minimum absolute atomic E-state index is 0.0859. The van der Waals surface area contributed by atoms with Gasteiger partial charge in [0.25, 0.3) is 0 Å². The van der Waals surface area contributed by atoms with Crippen molar-refractivity contribution in [3.63, 3.8) is 0 Å². The quantitative estimate of drug-likeness (QED) is 0.154. The van der Waals surface area contributed by atoms with E-state index < -0.39 is 5.41 Å². The van der Waals surface area contributed by atoms with Gasteiger partial charge in [0, 0.05) is 16.8 Å². The summed E-state index contributed by atoms with van der Waals surface area (Å²) >= 11 is 0. The molecule has 0 N–H and O–H groups in total. The first-order chi connectivity index (χ1) is 32.0. The summed E-state index contributed by atoms with van der Waals surface area (Å²) in [6.45, 7) is 14.5. The van der Waals surface area contributed by atoms with Crippen LogP contribution < -0.4 is 4.90 Å². The summed E-state index contributed by atoms with van der Waals surface area (Å²) in [7, 11) is 0. The molecule has 9 aromatic carbocycles. The van der Waals surface area contributed by atoms with Crippen LogP contribution in [0.3, 0.4) is 0 Å². The Balaban J connectivity index is 0.934. The van der Waals surface area contributed by atoms with Gasteiger partial charge >= 0.3 is 0 Å². The molecule has 0 fully saturated rings. The molecule has 12 rings (SSSR count). The molecule has 3 aliphatic rings. The van der Waals surface area contributed by atoms with Gasteiger partial charge in [-0.1, -0.05) is 211 Å². The monoisotopic (exact) mass is 849 g/mol. The van der Waals surface area contributed by atoms with E-state index in [2.05, 4.69) is 259 Å². The van der Waals surface area contributed by atoms with Crippen molar-refractivity contribution < 1.29 is 0 Å². The Morgan fingerprint density at radius 1 is 0.333 bits per heavy atom. The minimum Gasteiger partial charge on any atom is -0.310 e. The van der Waals surface area contributed by atoms with Crippen LogP contribution >= 0.6 is 0 Å². The fourth-order valence-electron chi connectivity index (χ4n) is 12.8. The van der Waals surface area contributed by atoms with Crippen molar-refractivity contribution in [2.45, 2.75) is 69.6 Å². The number of fused-ring (bicyclic) bond motifs is 7. The molecule has 0 saturated carbocycles. The SMILES string of the molecule is CC1(C)CC(C)(C)c2cc3c(cc21)-c1ccc(-c2ccc(-c4ccc(N(c5ccccc5)c5cccc6c5C(C)(C)c5ccccc5-6)cc4)cc2)cc1C3(c1ccccc1)c1ccccc1. The van der Waals surface area contributed by atoms with Crippen LogP contribution in [0, 0.1) is 0 Å². The van der Waals surface area contributed by atoms with Crippen molar-refractivity contribution in [1.29, 1.82) is 0 Å². The predicted octanol–water partition coefficient (Wildman–Crippen LogP) is 17.1. The molecular formula is C65H55N. The van der Waals surface area contributed by atoms with Crippen LogP contribution in [-0.4, -0.2) is 0 Å². The van der Waals surface area contributed by atoms with E-state index in [0.717, 1.165) is 17.8 Å². The van der Waals surface area contributed by atoms with E-state index in [0.29, 0.717) is 0 Å². The van der Waals surface area contributed by atoms with Crippen molar-refractivity contribution in [2.24, 2.45) is 0 Å². The van der Waals surface area contributed by atoms with Crippen LogP contribution in [-0.2, 0) is 21.7 Å². The number of anilines is 3. The van der Waals surface area contributed by atoms with Crippen LogP contribution in [0.15, 0.2) is 212 Å². The van der Waals surface area contributed by atoms with Gasteiger partial charge in [-0.05, 0) is 149 Å². The third kappa shape index (κ3) is 5.92. The summed E-state index contributed by atoms with van der Waals surface area (Å²) in [4.78, 5) is 2.44. The lowest BCUT2D eigenvalue weighted by atomic mass is 9.66. The van der Waals surface area contributed by atoms with Crippen LogP contribution in [0.2, 0.25) is 0 Å². The van der Waals surface area contributed by atoms with Gasteiger partial charge in [-0.15, -0.1) is 0 Å². The lowest BCUT2D eigenvalue weighted by molar-refractivity contribution is 0.403. The predicted molar refractivity (Wildman–Crippen MR) is 278 cm³/mol. The molecule has 0 heterocycles. The molecule has 0 aliphatic heterocycles. The van der Waals surface area contributed by atoms with Gasteiger partial charge in [0.15, 0.2) is 0 Å². The first-order valence-electron chi connectivity index (χ1n) is 23.7. The molecule has 0 spiro atoms. The maximum Gasteiger partial charge on any atom is 0.0713 e. The van der Waals surface area contributed by atoms with Gasteiger partial charge in [0.1, 0.15) is 0 Å². The third-order valence-corrected chi connectivity index (χ3v) is 15.5. The van der Waals surface area contributed by atoms with Gasteiger partial charge in [-0.25, -0.2) is 0 Å². The van der Waals surface area contributed by atoms with Crippen molar-refractivity contribution in [3.05, 3.63) is 257 Å². The average Bonchev–Trinajstić information content (AvgIpc) is 3.85. The van der Waals surface area contributed by atoms with E-state index in [1.807, 2.05) is 0 Å². The third-order valence-electron chi connectivity index (χ3n) is 15.5. The van der Waals surface area contributed by atoms with Crippen molar-refractivity contribution in [3.8, 4) is 44.5 Å². The smallest absolute Gasteiger partial charge is 0.0713 e. The maximum absolute atomic E-state index is 2.60. The van der Waals surface area contributed by atoms with E-state index >= 15 is 0 Å². The largest absolute Gasteiger partial charge is 0.310 e.